The third kappa shape index (κ3) is 2.33. The summed E-state index contributed by atoms with van der Waals surface area (Å²) >= 11 is 1.65. The monoisotopic (exact) mass is 285 g/mol. The Kier molecular flexibility index (Phi) is 3.30. The van der Waals surface area contributed by atoms with E-state index in [0.29, 0.717) is 11.9 Å². The van der Waals surface area contributed by atoms with E-state index in [0.717, 1.165) is 11.1 Å². The van der Waals surface area contributed by atoms with Crippen LogP contribution in [-0.4, -0.2) is 9.91 Å². The van der Waals surface area contributed by atoms with Gasteiger partial charge in [-0.2, -0.15) is 11.3 Å². The van der Waals surface area contributed by atoms with Crippen molar-refractivity contribution in [1.29, 1.82) is 0 Å². The summed E-state index contributed by atoms with van der Waals surface area (Å²) in [5.41, 5.74) is 2.14. The molecule has 0 atom stereocenters. The van der Waals surface area contributed by atoms with Crippen LogP contribution in [0.5, 0.6) is 0 Å². The highest BCUT2D eigenvalue weighted by Crippen LogP contribution is 2.30. The molecule has 0 unspecified atom stereocenters. The van der Waals surface area contributed by atoms with Crippen LogP contribution >= 0.6 is 11.3 Å². The van der Waals surface area contributed by atoms with Gasteiger partial charge in [-0.05, 0) is 34.5 Å². The molecule has 0 fully saturated rings. The van der Waals surface area contributed by atoms with Crippen LogP contribution in [0.2, 0.25) is 0 Å². The molecule has 0 saturated carbocycles. The summed E-state index contributed by atoms with van der Waals surface area (Å²) in [6.07, 6.45) is 3.17. The number of nitro groups is 1. The molecule has 0 aliphatic carbocycles. The molecule has 0 bridgehead atoms. The molecule has 2 aromatic heterocycles. The van der Waals surface area contributed by atoms with Gasteiger partial charge in [0.05, 0.1) is 10.3 Å². The van der Waals surface area contributed by atoms with Crippen molar-refractivity contribution in [3.63, 3.8) is 0 Å². The first kappa shape index (κ1) is 12.6. The van der Waals surface area contributed by atoms with Crippen molar-refractivity contribution in [2.75, 3.05) is 5.32 Å². The Morgan fingerprint density at radius 1 is 1.25 bits per heavy atom. The minimum Gasteiger partial charge on any atom is -0.380 e. The summed E-state index contributed by atoms with van der Waals surface area (Å²) < 4.78 is 0. The maximum absolute atomic E-state index is 11.0. The highest BCUT2D eigenvalue weighted by molar-refractivity contribution is 7.07. The number of pyridine rings is 1. The third-order valence-corrected chi connectivity index (χ3v) is 3.79. The summed E-state index contributed by atoms with van der Waals surface area (Å²) in [5.74, 6) is 0. The van der Waals surface area contributed by atoms with Gasteiger partial charge in [-0.1, -0.05) is 0 Å². The predicted molar refractivity (Wildman–Crippen MR) is 80.0 cm³/mol. The van der Waals surface area contributed by atoms with Crippen LogP contribution in [0, 0.1) is 10.1 Å². The van der Waals surface area contributed by atoms with E-state index in [1.54, 1.807) is 29.7 Å². The van der Waals surface area contributed by atoms with Gasteiger partial charge in [0.1, 0.15) is 0 Å². The summed E-state index contributed by atoms with van der Waals surface area (Å²) in [4.78, 5) is 14.6. The van der Waals surface area contributed by atoms with E-state index in [2.05, 4.69) is 15.7 Å². The van der Waals surface area contributed by atoms with Crippen LogP contribution in [0.1, 0.15) is 5.56 Å². The SMILES string of the molecule is O=[N+]([O-])c1ccc(NCc2ccsc2)c2ccncc12. The third-order valence-electron chi connectivity index (χ3n) is 3.05. The van der Waals surface area contributed by atoms with Gasteiger partial charge in [0.15, 0.2) is 0 Å². The molecule has 6 heteroatoms. The molecule has 5 nitrogen and oxygen atoms in total. The smallest absolute Gasteiger partial charge is 0.278 e. The Labute approximate surface area is 119 Å². The number of aromatic nitrogens is 1. The van der Waals surface area contributed by atoms with E-state index in [1.165, 1.54) is 17.8 Å². The number of anilines is 1. The molecule has 0 amide bonds. The number of benzene rings is 1. The van der Waals surface area contributed by atoms with E-state index in [4.69, 9.17) is 0 Å². The summed E-state index contributed by atoms with van der Waals surface area (Å²) in [7, 11) is 0. The molecule has 1 N–H and O–H groups in total. The minimum atomic E-state index is -0.382. The topological polar surface area (TPSA) is 68.1 Å². The zero-order chi connectivity index (χ0) is 13.9. The summed E-state index contributed by atoms with van der Waals surface area (Å²) in [6, 6.07) is 7.10. The van der Waals surface area contributed by atoms with Gasteiger partial charge in [0.2, 0.25) is 0 Å². The van der Waals surface area contributed by atoms with Gasteiger partial charge in [-0.3, -0.25) is 15.1 Å². The fraction of sp³-hybridized carbons (Fsp3) is 0.0714. The highest BCUT2D eigenvalue weighted by atomic mass is 32.1. The maximum atomic E-state index is 11.0. The second kappa shape index (κ2) is 5.26. The predicted octanol–water partition coefficient (Wildman–Crippen LogP) is 3.82. The lowest BCUT2D eigenvalue weighted by molar-refractivity contribution is -0.383. The van der Waals surface area contributed by atoms with Crippen molar-refractivity contribution in [3.05, 3.63) is 63.1 Å². The van der Waals surface area contributed by atoms with Gasteiger partial charge in [0, 0.05) is 36.1 Å². The molecule has 3 aromatic rings. The zero-order valence-electron chi connectivity index (χ0n) is 10.4. The number of nitro benzene ring substituents is 1. The van der Waals surface area contributed by atoms with Gasteiger partial charge >= 0.3 is 0 Å². The van der Waals surface area contributed by atoms with Crippen LogP contribution < -0.4 is 5.32 Å². The van der Waals surface area contributed by atoms with E-state index >= 15 is 0 Å². The van der Waals surface area contributed by atoms with Crippen molar-refractivity contribution in [2.45, 2.75) is 6.54 Å². The Hall–Kier alpha value is -2.47. The molecule has 0 aliphatic heterocycles. The number of thiophene rings is 1. The van der Waals surface area contributed by atoms with Crippen LogP contribution in [0.15, 0.2) is 47.4 Å². The Bertz CT molecular complexity index is 756. The second-order valence-electron chi connectivity index (χ2n) is 4.30. The molecular formula is C14H11N3O2S. The molecule has 100 valence electrons. The zero-order valence-corrected chi connectivity index (χ0v) is 11.3. The van der Waals surface area contributed by atoms with Gasteiger partial charge < -0.3 is 5.32 Å². The maximum Gasteiger partial charge on any atom is 0.278 e. The number of non-ortho nitro benzene ring substituents is 1. The van der Waals surface area contributed by atoms with E-state index in [-0.39, 0.29) is 10.6 Å². The molecule has 2 heterocycles. The number of nitrogens with zero attached hydrogens (tertiary/aromatic N) is 2. The lowest BCUT2D eigenvalue weighted by atomic mass is 10.1. The van der Waals surface area contributed by atoms with Gasteiger partial charge in [-0.25, -0.2) is 0 Å². The minimum absolute atomic E-state index is 0.0779. The molecule has 1 aromatic carbocycles. The van der Waals surface area contributed by atoms with E-state index in [9.17, 15) is 10.1 Å². The van der Waals surface area contributed by atoms with Crippen LogP contribution in [0.3, 0.4) is 0 Å². The van der Waals surface area contributed by atoms with Crippen molar-refractivity contribution in [2.24, 2.45) is 0 Å². The Balaban J connectivity index is 1.99. The van der Waals surface area contributed by atoms with Gasteiger partial charge in [0.25, 0.3) is 5.69 Å². The number of hydrogen-bond donors (Lipinski definition) is 1. The van der Waals surface area contributed by atoms with Crippen molar-refractivity contribution in [3.8, 4) is 0 Å². The lowest BCUT2D eigenvalue weighted by Gasteiger charge is -2.09. The van der Waals surface area contributed by atoms with Crippen LogP contribution in [0.25, 0.3) is 10.8 Å². The van der Waals surface area contributed by atoms with E-state index in [1.807, 2.05) is 11.4 Å². The molecule has 0 aliphatic rings. The van der Waals surface area contributed by atoms with Crippen LogP contribution in [0.4, 0.5) is 11.4 Å². The number of nitrogens with one attached hydrogen (secondary N) is 1. The number of hydrogen-bond acceptors (Lipinski definition) is 5. The Morgan fingerprint density at radius 3 is 2.90 bits per heavy atom. The standard InChI is InChI=1S/C14H11N3O2S/c18-17(19)14-2-1-13(11-3-5-15-8-12(11)14)16-7-10-4-6-20-9-10/h1-6,8-9,16H,7H2. The first-order chi connectivity index (χ1) is 9.75. The lowest BCUT2D eigenvalue weighted by Crippen LogP contribution is -2.00. The fourth-order valence-corrected chi connectivity index (χ4v) is 2.75. The summed E-state index contributed by atoms with van der Waals surface area (Å²) in [6.45, 7) is 0.693. The van der Waals surface area contributed by atoms with Crippen LogP contribution in [-0.2, 0) is 6.54 Å². The number of fused-ring (bicyclic) bond motifs is 1. The van der Waals surface area contributed by atoms with Crippen molar-refractivity contribution >= 4 is 33.5 Å². The molecule has 20 heavy (non-hydrogen) atoms. The number of rotatable bonds is 4. The molecule has 3 rings (SSSR count). The Morgan fingerprint density at radius 2 is 2.15 bits per heavy atom. The highest BCUT2D eigenvalue weighted by Gasteiger charge is 2.14. The molecule has 0 radical (unpaired) electrons. The quantitative estimate of drug-likeness (QED) is 0.584. The normalized spacial score (nSPS) is 10.6. The summed E-state index contributed by atoms with van der Waals surface area (Å²) in [5, 5.41) is 19.8. The van der Waals surface area contributed by atoms with E-state index < -0.39 is 0 Å². The largest absolute Gasteiger partial charge is 0.380 e. The molecule has 0 spiro atoms. The average molecular weight is 285 g/mol. The van der Waals surface area contributed by atoms with Gasteiger partial charge in [-0.15, -0.1) is 0 Å². The first-order valence-corrected chi connectivity index (χ1v) is 6.96. The van der Waals surface area contributed by atoms with Crippen molar-refractivity contribution < 1.29 is 4.92 Å². The molecular weight excluding hydrogens is 274 g/mol. The first-order valence-electron chi connectivity index (χ1n) is 6.02. The fourth-order valence-electron chi connectivity index (χ4n) is 2.08. The van der Waals surface area contributed by atoms with Crippen molar-refractivity contribution in [1.82, 2.24) is 4.98 Å². The second-order valence-corrected chi connectivity index (χ2v) is 5.08. The average Bonchev–Trinajstić information content (AvgIpc) is 2.97. The molecule has 0 saturated heterocycles.